The van der Waals surface area contributed by atoms with Gasteiger partial charge >= 0.3 is 5.97 Å². The molecule has 6 nitrogen and oxygen atoms in total. The summed E-state index contributed by atoms with van der Waals surface area (Å²) in [6, 6.07) is 11.1. The molecule has 3 rings (SSSR count). The Morgan fingerprint density at radius 2 is 1.95 bits per heavy atom. The van der Waals surface area contributed by atoms with Crippen LogP contribution in [0.1, 0.15) is 17.3 Å². The highest BCUT2D eigenvalue weighted by molar-refractivity contribution is 5.93. The van der Waals surface area contributed by atoms with Crippen molar-refractivity contribution in [1.82, 2.24) is 14.3 Å². The molecular formula is C16H16N4O2. The van der Waals surface area contributed by atoms with E-state index in [0.29, 0.717) is 29.4 Å². The summed E-state index contributed by atoms with van der Waals surface area (Å²) in [5.74, 6) is 0.188. The van der Waals surface area contributed by atoms with Crippen molar-refractivity contribution in [2.24, 2.45) is 0 Å². The predicted octanol–water partition coefficient (Wildman–Crippen LogP) is 2.42. The first kappa shape index (κ1) is 13.9. The minimum Gasteiger partial charge on any atom is -0.462 e. The van der Waals surface area contributed by atoms with Crippen LogP contribution in [0, 0.1) is 0 Å². The summed E-state index contributed by atoms with van der Waals surface area (Å²) in [7, 11) is 0. The molecular weight excluding hydrogens is 280 g/mol. The largest absolute Gasteiger partial charge is 0.462 e. The van der Waals surface area contributed by atoms with Gasteiger partial charge in [-0.05, 0) is 31.2 Å². The van der Waals surface area contributed by atoms with E-state index in [0.717, 1.165) is 0 Å². The number of esters is 1. The van der Waals surface area contributed by atoms with E-state index in [1.54, 1.807) is 17.7 Å². The molecule has 0 radical (unpaired) electrons. The minimum absolute atomic E-state index is 0.308. The van der Waals surface area contributed by atoms with Gasteiger partial charge in [-0.1, -0.05) is 12.1 Å². The van der Waals surface area contributed by atoms with Gasteiger partial charge in [-0.25, -0.2) is 9.48 Å². The third-order valence-electron chi connectivity index (χ3n) is 3.25. The van der Waals surface area contributed by atoms with Crippen molar-refractivity contribution >= 4 is 11.7 Å². The van der Waals surface area contributed by atoms with Gasteiger partial charge in [0.25, 0.3) is 0 Å². The number of benzene rings is 1. The molecule has 0 fully saturated rings. The molecule has 0 unspecified atom stereocenters. The molecule has 1 aromatic carbocycles. The summed E-state index contributed by atoms with van der Waals surface area (Å²) in [4.78, 5) is 12.2. The van der Waals surface area contributed by atoms with Crippen LogP contribution in [0.2, 0.25) is 0 Å². The number of ether oxygens (including phenoxy) is 1. The van der Waals surface area contributed by atoms with E-state index in [-0.39, 0.29) is 0 Å². The first-order chi connectivity index (χ1) is 10.7. The Morgan fingerprint density at radius 1 is 1.23 bits per heavy atom. The number of nitrogens with two attached hydrogens (primary N) is 1. The summed E-state index contributed by atoms with van der Waals surface area (Å²) in [6.07, 6.45) is 5.19. The zero-order valence-electron chi connectivity index (χ0n) is 12.1. The molecule has 0 saturated carbocycles. The van der Waals surface area contributed by atoms with Crippen molar-refractivity contribution in [3.63, 3.8) is 0 Å². The molecule has 2 N–H and O–H groups in total. The summed E-state index contributed by atoms with van der Waals surface area (Å²) in [5, 5.41) is 4.32. The number of carbonyl (C=O) groups excluding carboxylic acids is 1. The van der Waals surface area contributed by atoms with Gasteiger partial charge in [-0.15, -0.1) is 0 Å². The van der Waals surface area contributed by atoms with Crippen LogP contribution in [0.15, 0.2) is 55.0 Å². The van der Waals surface area contributed by atoms with Gasteiger partial charge in [0.05, 0.1) is 24.2 Å². The maximum absolute atomic E-state index is 12.2. The monoisotopic (exact) mass is 296 g/mol. The quantitative estimate of drug-likeness (QED) is 0.592. The van der Waals surface area contributed by atoms with E-state index in [2.05, 4.69) is 5.10 Å². The number of aromatic nitrogens is 3. The predicted molar refractivity (Wildman–Crippen MR) is 83.3 cm³/mol. The molecule has 2 aromatic heterocycles. The van der Waals surface area contributed by atoms with E-state index in [9.17, 15) is 4.79 Å². The number of hydrogen-bond acceptors (Lipinski definition) is 4. The lowest BCUT2D eigenvalue weighted by atomic mass is 10.2. The van der Waals surface area contributed by atoms with Gasteiger partial charge in [0.2, 0.25) is 0 Å². The van der Waals surface area contributed by atoms with Crippen molar-refractivity contribution in [2.75, 3.05) is 12.3 Å². The van der Waals surface area contributed by atoms with Crippen molar-refractivity contribution in [2.45, 2.75) is 6.92 Å². The maximum Gasteiger partial charge on any atom is 0.343 e. The molecule has 0 spiro atoms. The van der Waals surface area contributed by atoms with E-state index >= 15 is 0 Å². The smallest absolute Gasteiger partial charge is 0.343 e. The highest BCUT2D eigenvalue weighted by Gasteiger charge is 2.21. The lowest BCUT2D eigenvalue weighted by Gasteiger charge is -2.12. The van der Waals surface area contributed by atoms with Crippen molar-refractivity contribution in [1.29, 1.82) is 0 Å². The fourth-order valence-electron chi connectivity index (χ4n) is 2.28. The number of anilines is 1. The summed E-state index contributed by atoms with van der Waals surface area (Å²) >= 11 is 0. The number of para-hydroxylation sites is 2. The number of nitrogen functional groups attached to an aromatic ring is 1. The van der Waals surface area contributed by atoms with Gasteiger partial charge in [-0.3, -0.25) is 0 Å². The lowest BCUT2D eigenvalue weighted by molar-refractivity contribution is 0.0526. The second kappa shape index (κ2) is 5.77. The molecule has 0 atom stereocenters. The Kier molecular flexibility index (Phi) is 3.65. The normalized spacial score (nSPS) is 10.6. The minimum atomic E-state index is -0.410. The number of rotatable bonds is 4. The Bertz CT molecular complexity index is 790. The second-order valence-electron chi connectivity index (χ2n) is 4.66. The average molecular weight is 296 g/mol. The van der Waals surface area contributed by atoms with Gasteiger partial charge in [0.15, 0.2) is 5.82 Å². The highest BCUT2D eigenvalue weighted by Crippen LogP contribution is 2.23. The van der Waals surface area contributed by atoms with E-state index in [1.165, 1.54) is 6.20 Å². The van der Waals surface area contributed by atoms with Crippen LogP contribution in [0.4, 0.5) is 5.69 Å². The molecule has 0 amide bonds. The third kappa shape index (κ3) is 2.35. The highest BCUT2D eigenvalue weighted by atomic mass is 16.5. The number of hydrogen-bond donors (Lipinski definition) is 1. The molecule has 2 heterocycles. The van der Waals surface area contributed by atoms with E-state index in [4.69, 9.17) is 10.5 Å². The van der Waals surface area contributed by atoms with Crippen molar-refractivity contribution in [3.8, 4) is 11.5 Å². The van der Waals surface area contributed by atoms with Crippen LogP contribution in [-0.2, 0) is 4.74 Å². The zero-order chi connectivity index (χ0) is 15.5. The SMILES string of the molecule is CCOC(=O)c1cnn(-c2ccccc2N)c1-n1cccc1. The van der Waals surface area contributed by atoms with E-state index in [1.807, 2.05) is 47.3 Å². The third-order valence-corrected chi connectivity index (χ3v) is 3.25. The number of nitrogens with zero attached hydrogens (tertiary/aromatic N) is 3. The van der Waals surface area contributed by atoms with Crippen LogP contribution in [-0.4, -0.2) is 26.9 Å². The molecule has 112 valence electrons. The van der Waals surface area contributed by atoms with Gasteiger partial charge < -0.3 is 15.0 Å². The van der Waals surface area contributed by atoms with Crippen molar-refractivity contribution in [3.05, 3.63) is 60.6 Å². The Morgan fingerprint density at radius 3 is 2.64 bits per heavy atom. The van der Waals surface area contributed by atoms with Gasteiger partial charge in [0, 0.05) is 12.4 Å². The maximum atomic E-state index is 12.2. The second-order valence-corrected chi connectivity index (χ2v) is 4.66. The fourth-order valence-corrected chi connectivity index (χ4v) is 2.28. The summed E-state index contributed by atoms with van der Waals surface area (Å²) in [6.45, 7) is 2.08. The standard InChI is InChI=1S/C16H16N4O2/c1-2-22-16(21)12-11-18-20(14-8-4-3-7-13(14)17)15(12)19-9-5-6-10-19/h3-11H,2,17H2,1H3. The van der Waals surface area contributed by atoms with Gasteiger partial charge in [-0.2, -0.15) is 5.10 Å². The molecule has 0 aliphatic heterocycles. The van der Waals surface area contributed by atoms with Crippen LogP contribution in [0.3, 0.4) is 0 Å². The molecule has 0 saturated heterocycles. The topological polar surface area (TPSA) is 75.1 Å². The first-order valence-corrected chi connectivity index (χ1v) is 6.95. The molecule has 22 heavy (non-hydrogen) atoms. The van der Waals surface area contributed by atoms with Crippen LogP contribution < -0.4 is 5.73 Å². The fraction of sp³-hybridized carbons (Fsp3) is 0.125. The molecule has 6 heteroatoms. The zero-order valence-corrected chi connectivity index (χ0v) is 12.1. The van der Waals surface area contributed by atoms with Crippen LogP contribution in [0.5, 0.6) is 0 Å². The van der Waals surface area contributed by atoms with E-state index < -0.39 is 5.97 Å². The summed E-state index contributed by atoms with van der Waals surface area (Å²) < 4.78 is 8.56. The summed E-state index contributed by atoms with van der Waals surface area (Å²) in [5.41, 5.74) is 7.71. The number of carbonyl (C=O) groups is 1. The van der Waals surface area contributed by atoms with Gasteiger partial charge in [0.1, 0.15) is 5.56 Å². The Hall–Kier alpha value is -3.02. The van der Waals surface area contributed by atoms with Crippen LogP contribution >= 0.6 is 0 Å². The first-order valence-electron chi connectivity index (χ1n) is 6.95. The lowest BCUT2D eigenvalue weighted by Crippen LogP contribution is -2.11. The average Bonchev–Trinajstić information content (AvgIpc) is 3.17. The molecule has 0 bridgehead atoms. The Labute approximate surface area is 127 Å². The van der Waals surface area contributed by atoms with Crippen molar-refractivity contribution < 1.29 is 9.53 Å². The molecule has 3 aromatic rings. The molecule has 0 aliphatic carbocycles. The van der Waals surface area contributed by atoms with Crippen LogP contribution in [0.25, 0.3) is 11.5 Å². The Balaban J connectivity index is 2.20. The molecule has 0 aliphatic rings.